The summed E-state index contributed by atoms with van der Waals surface area (Å²) in [6.07, 6.45) is 3.40. The minimum atomic E-state index is -1.44. The molecule has 0 spiro atoms. The number of carbonyl (C=O) groups is 1. The van der Waals surface area contributed by atoms with Crippen LogP contribution >= 0.6 is 0 Å². The zero-order valence-electron chi connectivity index (χ0n) is 11.7. The van der Waals surface area contributed by atoms with Crippen LogP contribution in [0.4, 0.5) is 0 Å². The van der Waals surface area contributed by atoms with Gasteiger partial charge in [0.05, 0.1) is 12.5 Å². The lowest BCUT2D eigenvalue weighted by Crippen LogP contribution is -2.47. The summed E-state index contributed by atoms with van der Waals surface area (Å²) in [5, 5.41) is 20.6. The molecule has 3 aliphatic rings. The molecule has 0 radical (unpaired) electrons. The van der Waals surface area contributed by atoms with Gasteiger partial charge >= 0.3 is 5.97 Å². The first-order valence-corrected chi connectivity index (χ1v) is 7.05. The Morgan fingerprint density at radius 1 is 1.47 bits per heavy atom. The number of hydrogen-bond donors (Lipinski definition) is 2. The van der Waals surface area contributed by atoms with Crippen LogP contribution in [0.2, 0.25) is 0 Å². The van der Waals surface area contributed by atoms with Crippen molar-refractivity contribution in [2.45, 2.75) is 45.3 Å². The topological polar surface area (TPSA) is 66.8 Å². The second-order valence-corrected chi connectivity index (χ2v) is 7.10. The van der Waals surface area contributed by atoms with Crippen molar-refractivity contribution in [1.29, 1.82) is 0 Å². The van der Waals surface area contributed by atoms with Gasteiger partial charge in [-0.2, -0.15) is 0 Å². The number of aliphatic hydroxyl groups excluding tert-OH is 1. The van der Waals surface area contributed by atoms with Crippen LogP contribution in [-0.2, 0) is 9.53 Å². The smallest absolute Gasteiger partial charge is 0.312 e. The normalized spacial score (nSPS) is 47.4. The summed E-state index contributed by atoms with van der Waals surface area (Å²) in [5.41, 5.74) is -0.580. The van der Waals surface area contributed by atoms with Crippen LogP contribution in [0.1, 0.15) is 33.6 Å². The van der Waals surface area contributed by atoms with Crippen LogP contribution in [0.3, 0.4) is 0 Å². The Morgan fingerprint density at radius 3 is 2.79 bits per heavy atom. The molecular weight excluding hydrogens is 244 g/mol. The Morgan fingerprint density at radius 2 is 2.16 bits per heavy atom. The van der Waals surface area contributed by atoms with Gasteiger partial charge in [0.2, 0.25) is 0 Å². The molecule has 4 nitrogen and oxygen atoms in total. The van der Waals surface area contributed by atoms with E-state index < -0.39 is 18.1 Å². The lowest BCUT2D eigenvalue weighted by molar-refractivity contribution is -0.155. The fourth-order valence-corrected chi connectivity index (χ4v) is 4.16. The third-order valence-electron chi connectivity index (χ3n) is 5.25. The Hall–Kier alpha value is -0.870. The molecule has 106 valence electrons. The molecule has 5 atom stereocenters. The highest BCUT2D eigenvalue weighted by Gasteiger charge is 2.59. The third kappa shape index (κ3) is 1.69. The maximum atomic E-state index is 12.0. The number of esters is 1. The van der Waals surface area contributed by atoms with E-state index in [1.807, 2.05) is 0 Å². The molecule has 2 N–H and O–H groups in total. The first-order chi connectivity index (χ1) is 8.78. The fourth-order valence-electron chi connectivity index (χ4n) is 4.16. The van der Waals surface area contributed by atoms with Crippen LogP contribution in [0.25, 0.3) is 0 Å². The van der Waals surface area contributed by atoms with Gasteiger partial charge < -0.3 is 14.9 Å². The molecule has 2 bridgehead atoms. The second kappa shape index (κ2) is 3.83. The van der Waals surface area contributed by atoms with E-state index in [1.165, 1.54) is 0 Å². The first kappa shape index (κ1) is 13.1. The SMILES string of the molecule is C[C@@H]1[C@@H]2CC(C)(C)C=C2[C@@](O)(CO)[C@H]2C[C@H]1OC2=O. The molecule has 3 rings (SSSR count). The summed E-state index contributed by atoms with van der Waals surface area (Å²) in [6.45, 7) is 5.93. The highest BCUT2D eigenvalue weighted by atomic mass is 16.6. The molecule has 0 aromatic heterocycles. The Labute approximate surface area is 113 Å². The number of ether oxygens (including phenoxy) is 1. The predicted molar refractivity (Wildman–Crippen MR) is 69.2 cm³/mol. The molecular formula is C15H22O4. The molecule has 2 aliphatic carbocycles. The molecule has 0 unspecified atom stereocenters. The number of hydrogen-bond acceptors (Lipinski definition) is 4. The van der Waals surface area contributed by atoms with Crippen molar-refractivity contribution >= 4 is 5.97 Å². The minimum Gasteiger partial charge on any atom is -0.462 e. The minimum absolute atomic E-state index is 0.00274. The van der Waals surface area contributed by atoms with Crippen LogP contribution in [0.5, 0.6) is 0 Å². The standard InChI is InChI=1S/C15H22O4/c1-8-9-5-14(2,3)6-11(9)15(18,7-16)10-4-12(8)19-13(10)17/h6,8-10,12,16,18H,4-5,7H2,1-3H3/t8-,9+,10+,12-,15-/m1/s1. The lowest BCUT2D eigenvalue weighted by Gasteiger charge is -2.35. The van der Waals surface area contributed by atoms with E-state index >= 15 is 0 Å². The third-order valence-corrected chi connectivity index (χ3v) is 5.25. The summed E-state index contributed by atoms with van der Waals surface area (Å²) < 4.78 is 5.41. The quantitative estimate of drug-likeness (QED) is 0.554. The molecule has 0 aromatic rings. The van der Waals surface area contributed by atoms with Crippen molar-refractivity contribution in [3.63, 3.8) is 0 Å². The molecule has 1 saturated carbocycles. The monoisotopic (exact) mass is 266 g/mol. The number of rotatable bonds is 1. The molecule has 2 fully saturated rings. The van der Waals surface area contributed by atoms with E-state index in [0.717, 1.165) is 12.0 Å². The summed E-state index contributed by atoms with van der Waals surface area (Å²) in [7, 11) is 0. The second-order valence-electron chi connectivity index (χ2n) is 7.10. The van der Waals surface area contributed by atoms with Crippen molar-refractivity contribution in [2.75, 3.05) is 6.61 Å². The van der Waals surface area contributed by atoms with Gasteiger partial charge in [-0.05, 0) is 29.2 Å². The molecule has 1 heterocycles. The van der Waals surface area contributed by atoms with E-state index in [9.17, 15) is 15.0 Å². The van der Waals surface area contributed by atoms with Crippen LogP contribution in [0.15, 0.2) is 11.6 Å². The summed E-state index contributed by atoms with van der Waals surface area (Å²) in [4.78, 5) is 12.0. The molecule has 0 aromatic carbocycles. The van der Waals surface area contributed by atoms with Gasteiger partial charge in [0.25, 0.3) is 0 Å². The molecule has 1 aliphatic heterocycles. The molecule has 4 heteroatoms. The van der Waals surface area contributed by atoms with Gasteiger partial charge in [0, 0.05) is 6.42 Å². The van der Waals surface area contributed by atoms with Crippen molar-refractivity contribution < 1.29 is 19.7 Å². The van der Waals surface area contributed by atoms with Crippen molar-refractivity contribution in [1.82, 2.24) is 0 Å². The Bertz CT molecular complexity index is 453. The number of allylic oxidation sites excluding steroid dienone is 1. The van der Waals surface area contributed by atoms with E-state index in [2.05, 4.69) is 26.8 Å². The maximum Gasteiger partial charge on any atom is 0.312 e. The van der Waals surface area contributed by atoms with Crippen LogP contribution in [0, 0.1) is 23.2 Å². The zero-order chi connectivity index (χ0) is 14.0. The van der Waals surface area contributed by atoms with Gasteiger partial charge in [-0.25, -0.2) is 0 Å². The Kier molecular flexibility index (Phi) is 2.64. The average Bonchev–Trinajstić information content (AvgIpc) is 2.86. The number of aliphatic hydroxyl groups is 2. The fraction of sp³-hybridized carbons (Fsp3) is 0.800. The highest BCUT2D eigenvalue weighted by Crippen LogP contribution is 2.55. The van der Waals surface area contributed by atoms with Gasteiger partial charge in [-0.3, -0.25) is 4.79 Å². The predicted octanol–water partition coefficient (Wildman–Crippen LogP) is 1.26. The van der Waals surface area contributed by atoms with E-state index in [-0.39, 0.29) is 29.3 Å². The lowest BCUT2D eigenvalue weighted by atomic mass is 9.76. The van der Waals surface area contributed by atoms with Gasteiger partial charge in [-0.1, -0.05) is 26.8 Å². The van der Waals surface area contributed by atoms with Crippen LogP contribution < -0.4 is 0 Å². The molecule has 0 amide bonds. The molecule has 19 heavy (non-hydrogen) atoms. The Balaban J connectivity index is 2.12. The van der Waals surface area contributed by atoms with Crippen molar-refractivity contribution in [2.24, 2.45) is 23.2 Å². The van der Waals surface area contributed by atoms with Crippen LogP contribution in [-0.4, -0.2) is 34.5 Å². The maximum absolute atomic E-state index is 12.0. The summed E-state index contributed by atoms with van der Waals surface area (Å²) in [5.74, 6) is -0.592. The van der Waals surface area contributed by atoms with E-state index in [4.69, 9.17) is 4.74 Å². The van der Waals surface area contributed by atoms with Gasteiger partial charge in [0.1, 0.15) is 11.7 Å². The largest absolute Gasteiger partial charge is 0.462 e. The number of carbonyl (C=O) groups excluding carboxylic acids is 1. The summed E-state index contributed by atoms with van der Waals surface area (Å²) >= 11 is 0. The molecule has 1 saturated heterocycles. The van der Waals surface area contributed by atoms with Gasteiger partial charge in [-0.15, -0.1) is 0 Å². The highest BCUT2D eigenvalue weighted by molar-refractivity contribution is 5.77. The average molecular weight is 266 g/mol. The number of fused-ring (bicyclic) bond motifs is 3. The van der Waals surface area contributed by atoms with Crippen molar-refractivity contribution in [3.8, 4) is 0 Å². The first-order valence-electron chi connectivity index (χ1n) is 7.05. The van der Waals surface area contributed by atoms with E-state index in [0.29, 0.717) is 6.42 Å². The summed E-state index contributed by atoms with van der Waals surface area (Å²) in [6, 6.07) is 0. The van der Waals surface area contributed by atoms with Crippen molar-refractivity contribution in [3.05, 3.63) is 11.6 Å². The van der Waals surface area contributed by atoms with Gasteiger partial charge in [0.15, 0.2) is 0 Å². The zero-order valence-corrected chi connectivity index (χ0v) is 11.7. The van der Waals surface area contributed by atoms with E-state index in [1.54, 1.807) is 0 Å².